The molecule has 20 heavy (non-hydrogen) atoms. The third kappa shape index (κ3) is 4.81. The average molecular weight is 283 g/mol. The summed E-state index contributed by atoms with van der Waals surface area (Å²) in [5, 5.41) is 9.78. The number of carbonyl (C=O) groups is 1. The monoisotopic (exact) mass is 283 g/mol. The van der Waals surface area contributed by atoms with E-state index in [0.29, 0.717) is 12.1 Å². The van der Waals surface area contributed by atoms with Crippen LogP contribution in [0.3, 0.4) is 0 Å². The number of amides is 1. The van der Waals surface area contributed by atoms with Crippen molar-refractivity contribution in [1.29, 1.82) is 0 Å². The number of nitrogens with zero attached hydrogens (tertiary/aromatic N) is 1. The van der Waals surface area contributed by atoms with Gasteiger partial charge in [0.05, 0.1) is 19.1 Å². The number of likely N-dealkylation sites (N-methyl/N-ethyl adjacent to an activating group) is 1. The van der Waals surface area contributed by atoms with Gasteiger partial charge in [-0.05, 0) is 38.5 Å². The molecule has 0 unspecified atom stereocenters. The molecule has 0 atom stereocenters. The van der Waals surface area contributed by atoms with Gasteiger partial charge in [-0.2, -0.15) is 0 Å². The van der Waals surface area contributed by atoms with Crippen LogP contribution in [0.5, 0.6) is 5.75 Å². The Morgan fingerprint density at radius 2 is 2.10 bits per heavy atom. The lowest BCUT2D eigenvalue weighted by Crippen LogP contribution is -2.42. The number of benzene rings is 1. The number of halogens is 1. The molecule has 0 aliphatic carbocycles. The van der Waals surface area contributed by atoms with Crippen molar-refractivity contribution in [2.45, 2.75) is 32.8 Å². The van der Waals surface area contributed by atoms with Crippen LogP contribution in [-0.2, 0) is 11.2 Å². The second kappa shape index (κ2) is 6.70. The number of aliphatic hydroxyl groups is 1. The van der Waals surface area contributed by atoms with Crippen LogP contribution in [0, 0.1) is 5.82 Å². The van der Waals surface area contributed by atoms with E-state index in [0.717, 1.165) is 0 Å². The van der Waals surface area contributed by atoms with Crippen LogP contribution in [0.4, 0.5) is 4.39 Å². The zero-order chi connectivity index (χ0) is 15.3. The average Bonchev–Trinajstić information content (AvgIpc) is 2.35. The van der Waals surface area contributed by atoms with Gasteiger partial charge in [0.2, 0.25) is 5.91 Å². The van der Waals surface area contributed by atoms with Crippen molar-refractivity contribution in [3.63, 3.8) is 0 Å². The normalized spacial score (nSPS) is 11.3. The maximum absolute atomic E-state index is 13.6. The molecule has 0 aliphatic rings. The lowest BCUT2D eigenvalue weighted by molar-refractivity contribution is -0.133. The smallest absolute Gasteiger partial charge is 0.227 e. The van der Waals surface area contributed by atoms with E-state index in [1.165, 1.54) is 19.2 Å². The molecule has 1 amide bonds. The van der Waals surface area contributed by atoms with Crippen molar-refractivity contribution in [3.05, 3.63) is 29.6 Å². The second-order valence-corrected chi connectivity index (χ2v) is 5.37. The predicted octanol–water partition coefficient (Wildman–Crippen LogP) is 2.00. The number of hydrogen-bond donors (Lipinski definition) is 1. The maximum Gasteiger partial charge on any atom is 0.227 e. The van der Waals surface area contributed by atoms with Crippen LogP contribution in [0.25, 0.3) is 0 Å². The van der Waals surface area contributed by atoms with Gasteiger partial charge < -0.3 is 14.7 Å². The number of carbonyl (C=O) groups excluding carboxylic acids is 1. The summed E-state index contributed by atoms with van der Waals surface area (Å²) < 4.78 is 18.4. The topological polar surface area (TPSA) is 49.8 Å². The molecule has 1 N–H and O–H groups in total. The molecule has 0 bridgehead atoms. The zero-order valence-electron chi connectivity index (χ0n) is 12.4. The van der Waals surface area contributed by atoms with Gasteiger partial charge in [0.1, 0.15) is 0 Å². The summed E-state index contributed by atoms with van der Waals surface area (Å²) in [4.78, 5) is 13.7. The minimum absolute atomic E-state index is 0.102. The standard InChI is InChI=1S/C15H22FNO3/c1-5-17(10-15(2,3)19)14(18)9-11-6-7-13(20-4)12(16)8-11/h6-8,19H,5,9-10H2,1-4H3. The highest BCUT2D eigenvalue weighted by Crippen LogP contribution is 2.18. The van der Waals surface area contributed by atoms with E-state index in [4.69, 9.17) is 4.74 Å². The molecule has 1 rings (SSSR count). The van der Waals surface area contributed by atoms with Crippen molar-refractivity contribution in [1.82, 2.24) is 4.90 Å². The molecule has 5 heteroatoms. The van der Waals surface area contributed by atoms with Crippen LogP contribution < -0.4 is 4.74 Å². The molecule has 1 aromatic rings. The minimum Gasteiger partial charge on any atom is -0.494 e. The summed E-state index contributed by atoms with van der Waals surface area (Å²) in [6.07, 6.45) is 0.102. The van der Waals surface area contributed by atoms with E-state index >= 15 is 0 Å². The Kier molecular flexibility index (Phi) is 5.51. The molecule has 112 valence electrons. The third-order valence-electron chi connectivity index (χ3n) is 2.88. The molecule has 0 aliphatic heterocycles. The largest absolute Gasteiger partial charge is 0.494 e. The molecule has 0 heterocycles. The van der Waals surface area contributed by atoms with Crippen molar-refractivity contribution >= 4 is 5.91 Å². The molecule has 1 aromatic carbocycles. The van der Waals surface area contributed by atoms with Gasteiger partial charge >= 0.3 is 0 Å². The Morgan fingerprint density at radius 3 is 2.55 bits per heavy atom. The van der Waals surface area contributed by atoms with Crippen LogP contribution in [0.2, 0.25) is 0 Å². The first-order valence-corrected chi connectivity index (χ1v) is 6.59. The lowest BCUT2D eigenvalue weighted by Gasteiger charge is -2.28. The number of ether oxygens (including phenoxy) is 1. The van der Waals surface area contributed by atoms with Crippen molar-refractivity contribution in [2.75, 3.05) is 20.2 Å². The predicted molar refractivity (Wildman–Crippen MR) is 75.2 cm³/mol. The van der Waals surface area contributed by atoms with Gasteiger partial charge in [-0.25, -0.2) is 4.39 Å². The van der Waals surface area contributed by atoms with Crippen LogP contribution in [0.1, 0.15) is 26.3 Å². The van der Waals surface area contributed by atoms with Gasteiger partial charge in [0.15, 0.2) is 11.6 Å². The van der Waals surface area contributed by atoms with E-state index in [2.05, 4.69) is 0 Å². The highest BCUT2D eigenvalue weighted by Gasteiger charge is 2.21. The first-order valence-electron chi connectivity index (χ1n) is 6.59. The summed E-state index contributed by atoms with van der Waals surface area (Å²) in [6.45, 7) is 5.90. The highest BCUT2D eigenvalue weighted by molar-refractivity contribution is 5.78. The second-order valence-electron chi connectivity index (χ2n) is 5.37. The fourth-order valence-corrected chi connectivity index (χ4v) is 1.95. The van der Waals surface area contributed by atoms with Gasteiger partial charge in [0, 0.05) is 13.1 Å². The summed E-state index contributed by atoms with van der Waals surface area (Å²) in [6, 6.07) is 4.47. The SMILES string of the molecule is CCN(CC(C)(C)O)C(=O)Cc1ccc(OC)c(F)c1. The fourth-order valence-electron chi connectivity index (χ4n) is 1.95. The van der Waals surface area contributed by atoms with E-state index < -0.39 is 11.4 Å². The Hall–Kier alpha value is -1.62. The van der Waals surface area contributed by atoms with E-state index in [1.54, 1.807) is 24.8 Å². The molecule has 0 saturated carbocycles. The van der Waals surface area contributed by atoms with Crippen molar-refractivity contribution in [2.24, 2.45) is 0 Å². The quantitative estimate of drug-likeness (QED) is 0.868. The highest BCUT2D eigenvalue weighted by atomic mass is 19.1. The van der Waals surface area contributed by atoms with Crippen LogP contribution in [0.15, 0.2) is 18.2 Å². The fraction of sp³-hybridized carbons (Fsp3) is 0.533. The molecule has 0 spiro atoms. The Bertz CT molecular complexity index is 469. The summed E-state index contributed by atoms with van der Waals surface area (Å²) in [5.41, 5.74) is -0.362. The van der Waals surface area contributed by atoms with Gasteiger partial charge in [0.25, 0.3) is 0 Å². The molecule has 0 saturated heterocycles. The van der Waals surface area contributed by atoms with Gasteiger partial charge in [-0.1, -0.05) is 6.07 Å². The number of rotatable bonds is 6. The zero-order valence-corrected chi connectivity index (χ0v) is 12.4. The molecule has 0 aromatic heterocycles. The van der Waals surface area contributed by atoms with Crippen molar-refractivity contribution in [3.8, 4) is 5.75 Å². The molecular formula is C15H22FNO3. The van der Waals surface area contributed by atoms with Crippen LogP contribution in [-0.4, -0.2) is 41.7 Å². The lowest BCUT2D eigenvalue weighted by atomic mass is 10.1. The Labute approximate surface area is 119 Å². The summed E-state index contributed by atoms with van der Waals surface area (Å²) in [7, 11) is 1.39. The third-order valence-corrected chi connectivity index (χ3v) is 2.88. The van der Waals surface area contributed by atoms with Crippen LogP contribution >= 0.6 is 0 Å². The molecule has 0 radical (unpaired) electrons. The van der Waals surface area contributed by atoms with E-state index in [9.17, 15) is 14.3 Å². The van der Waals surface area contributed by atoms with Crippen molar-refractivity contribution < 1.29 is 19.0 Å². The number of hydrogen-bond acceptors (Lipinski definition) is 3. The molecule has 4 nitrogen and oxygen atoms in total. The maximum atomic E-state index is 13.6. The molecule has 0 fully saturated rings. The van der Waals surface area contributed by atoms with E-state index in [1.807, 2.05) is 6.92 Å². The Morgan fingerprint density at radius 1 is 1.45 bits per heavy atom. The molecular weight excluding hydrogens is 261 g/mol. The first-order chi connectivity index (χ1) is 9.26. The minimum atomic E-state index is -0.948. The van der Waals surface area contributed by atoms with Gasteiger partial charge in [-0.15, -0.1) is 0 Å². The summed E-state index contributed by atoms with van der Waals surface area (Å²) in [5.74, 6) is -0.465. The first kappa shape index (κ1) is 16.4. The van der Waals surface area contributed by atoms with Gasteiger partial charge in [-0.3, -0.25) is 4.79 Å². The summed E-state index contributed by atoms with van der Waals surface area (Å²) >= 11 is 0. The number of methoxy groups -OCH3 is 1. The Balaban J connectivity index is 2.76. The van der Waals surface area contributed by atoms with E-state index in [-0.39, 0.29) is 24.6 Å².